The maximum absolute atomic E-state index is 9.73. The van der Waals surface area contributed by atoms with Crippen LogP contribution < -0.4 is 0 Å². The molecule has 0 aromatic heterocycles. The van der Waals surface area contributed by atoms with Gasteiger partial charge in [-0.3, -0.25) is 0 Å². The van der Waals surface area contributed by atoms with Crippen molar-refractivity contribution in [3.05, 3.63) is 58.7 Å². The van der Waals surface area contributed by atoms with Gasteiger partial charge in [0, 0.05) is 0 Å². The number of hydrogen-bond acceptors (Lipinski definition) is 3. The van der Waals surface area contributed by atoms with Crippen LogP contribution in [-0.4, -0.2) is 10.2 Å². The van der Waals surface area contributed by atoms with Gasteiger partial charge in [-0.05, 0) is 72.6 Å². The quantitative estimate of drug-likeness (QED) is 0.783. The number of nitriles is 1. The van der Waals surface area contributed by atoms with E-state index in [4.69, 9.17) is 0 Å². The highest BCUT2D eigenvalue weighted by Crippen LogP contribution is 2.35. The van der Waals surface area contributed by atoms with Crippen molar-refractivity contribution in [2.24, 2.45) is 0 Å². The second-order valence-electron chi connectivity index (χ2n) is 5.63. The summed E-state index contributed by atoms with van der Waals surface area (Å²) in [5.74, 6) is 0.798. The highest BCUT2D eigenvalue weighted by molar-refractivity contribution is 5.49. The molecule has 21 heavy (non-hydrogen) atoms. The van der Waals surface area contributed by atoms with Gasteiger partial charge in [0.15, 0.2) is 0 Å². The molecular weight excluding hydrogens is 262 g/mol. The van der Waals surface area contributed by atoms with Crippen molar-refractivity contribution in [2.75, 3.05) is 0 Å². The van der Waals surface area contributed by atoms with E-state index in [9.17, 15) is 15.5 Å². The molecule has 0 radical (unpaired) electrons. The van der Waals surface area contributed by atoms with Crippen LogP contribution in [0.25, 0.3) is 0 Å². The molecule has 1 aliphatic rings. The van der Waals surface area contributed by atoms with Crippen LogP contribution in [0.1, 0.15) is 41.0 Å². The van der Waals surface area contributed by atoms with Crippen molar-refractivity contribution in [2.45, 2.75) is 31.6 Å². The summed E-state index contributed by atoms with van der Waals surface area (Å²) in [6, 6.07) is 12.9. The molecule has 0 aliphatic heterocycles. The lowest BCUT2D eigenvalue weighted by atomic mass is 9.88. The van der Waals surface area contributed by atoms with Crippen LogP contribution in [0.2, 0.25) is 0 Å². The number of hydrogen-bond donors (Lipinski definition) is 2. The average molecular weight is 279 g/mol. The van der Waals surface area contributed by atoms with E-state index in [1.165, 1.54) is 5.56 Å². The number of benzene rings is 2. The number of fused-ring (bicyclic) bond motifs is 1. The summed E-state index contributed by atoms with van der Waals surface area (Å²) in [6.45, 7) is 0. The summed E-state index contributed by atoms with van der Waals surface area (Å²) in [7, 11) is 0. The van der Waals surface area contributed by atoms with Gasteiger partial charge in [-0.1, -0.05) is 12.1 Å². The van der Waals surface area contributed by atoms with E-state index in [0.717, 1.165) is 36.8 Å². The molecule has 1 aliphatic carbocycles. The molecule has 2 N–H and O–H groups in total. The minimum Gasteiger partial charge on any atom is -0.508 e. The molecule has 0 fully saturated rings. The van der Waals surface area contributed by atoms with Gasteiger partial charge in [0.25, 0.3) is 0 Å². The summed E-state index contributed by atoms with van der Waals surface area (Å²) in [5.41, 5.74) is 3.92. The zero-order valence-electron chi connectivity index (χ0n) is 11.7. The molecule has 0 heterocycles. The van der Waals surface area contributed by atoms with Crippen molar-refractivity contribution in [3.8, 4) is 17.6 Å². The number of aromatic hydroxyl groups is 2. The van der Waals surface area contributed by atoms with Gasteiger partial charge in [0.2, 0.25) is 0 Å². The second kappa shape index (κ2) is 5.49. The Labute approximate surface area is 124 Å². The Morgan fingerprint density at radius 1 is 1.05 bits per heavy atom. The first-order chi connectivity index (χ1) is 10.2. The molecule has 2 aromatic rings. The smallest absolute Gasteiger partial charge is 0.117 e. The maximum atomic E-state index is 9.73. The van der Waals surface area contributed by atoms with E-state index in [-0.39, 0.29) is 11.5 Å². The summed E-state index contributed by atoms with van der Waals surface area (Å²) in [5, 5.41) is 28.4. The molecule has 1 unspecified atom stereocenters. The molecule has 3 nitrogen and oxygen atoms in total. The Morgan fingerprint density at radius 2 is 1.81 bits per heavy atom. The fourth-order valence-corrected chi connectivity index (χ4v) is 3.20. The van der Waals surface area contributed by atoms with Gasteiger partial charge < -0.3 is 10.2 Å². The summed E-state index contributed by atoms with van der Waals surface area (Å²) in [6.07, 6.45) is 3.79. The summed E-state index contributed by atoms with van der Waals surface area (Å²) >= 11 is 0. The Kier molecular flexibility index (Phi) is 3.53. The van der Waals surface area contributed by atoms with Crippen LogP contribution in [0.15, 0.2) is 36.4 Å². The first-order valence-electron chi connectivity index (χ1n) is 7.21. The largest absolute Gasteiger partial charge is 0.508 e. The molecule has 2 aromatic carbocycles. The first-order valence-corrected chi connectivity index (χ1v) is 7.21. The highest BCUT2D eigenvalue weighted by Gasteiger charge is 2.21. The molecule has 106 valence electrons. The average Bonchev–Trinajstić information content (AvgIpc) is 2.69. The lowest BCUT2D eigenvalue weighted by Crippen LogP contribution is -2.03. The van der Waals surface area contributed by atoms with Crippen LogP contribution in [0.4, 0.5) is 0 Å². The molecule has 3 heteroatoms. The Bertz CT molecular complexity index is 698. The summed E-state index contributed by atoms with van der Waals surface area (Å²) < 4.78 is 0. The van der Waals surface area contributed by atoms with E-state index in [2.05, 4.69) is 6.07 Å². The van der Waals surface area contributed by atoms with Crippen LogP contribution in [0, 0.1) is 11.3 Å². The molecule has 0 saturated carbocycles. The fourth-order valence-electron chi connectivity index (χ4n) is 3.20. The fraction of sp³-hybridized carbons (Fsp3) is 0.278. The SMILES string of the molecule is N#Cc1cc(O)cc2c1CC(c1ccc(O)cc1)CCC2. The van der Waals surface area contributed by atoms with E-state index in [0.29, 0.717) is 11.5 Å². The van der Waals surface area contributed by atoms with Crippen molar-refractivity contribution < 1.29 is 10.2 Å². The molecule has 3 rings (SSSR count). The highest BCUT2D eigenvalue weighted by atomic mass is 16.3. The van der Waals surface area contributed by atoms with E-state index < -0.39 is 0 Å². The Balaban J connectivity index is 1.99. The van der Waals surface area contributed by atoms with Gasteiger partial charge in [0.05, 0.1) is 11.6 Å². The Hall–Kier alpha value is -2.47. The number of phenolic OH excluding ortho intramolecular Hbond substituents is 2. The monoisotopic (exact) mass is 279 g/mol. The minimum absolute atomic E-state index is 0.174. The van der Waals surface area contributed by atoms with Crippen LogP contribution in [0.5, 0.6) is 11.5 Å². The predicted octanol–water partition coefficient (Wildman–Crippen LogP) is 3.63. The van der Waals surface area contributed by atoms with E-state index >= 15 is 0 Å². The van der Waals surface area contributed by atoms with Crippen molar-refractivity contribution >= 4 is 0 Å². The third kappa shape index (κ3) is 2.71. The van der Waals surface area contributed by atoms with Crippen molar-refractivity contribution in [1.29, 1.82) is 5.26 Å². The third-order valence-corrected chi connectivity index (χ3v) is 4.26. The molecule has 1 atom stereocenters. The first kappa shape index (κ1) is 13.5. The third-order valence-electron chi connectivity index (χ3n) is 4.26. The van der Waals surface area contributed by atoms with E-state index in [1.54, 1.807) is 24.3 Å². The normalized spacial score (nSPS) is 17.6. The maximum Gasteiger partial charge on any atom is 0.117 e. The van der Waals surface area contributed by atoms with Gasteiger partial charge in [-0.25, -0.2) is 0 Å². The van der Waals surface area contributed by atoms with Gasteiger partial charge >= 0.3 is 0 Å². The van der Waals surface area contributed by atoms with Gasteiger partial charge in [0.1, 0.15) is 11.5 Å². The van der Waals surface area contributed by atoms with Crippen molar-refractivity contribution in [3.63, 3.8) is 0 Å². The summed E-state index contributed by atoms with van der Waals surface area (Å²) in [4.78, 5) is 0. The van der Waals surface area contributed by atoms with Crippen LogP contribution in [0.3, 0.4) is 0 Å². The lowest BCUT2D eigenvalue weighted by molar-refractivity contribution is 0.473. The number of rotatable bonds is 1. The van der Waals surface area contributed by atoms with E-state index in [1.807, 2.05) is 12.1 Å². The predicted molar refractivity (Wildman–Crippen MR) is 80.3 cm³/mol. The van der Waals surface area contributed by atoms with Gasteiger partial charge in [-0.15, -0.1) is 0 Å². The molecular formula is C18H17NO2. The number of phenols is 2. The molecule has 0 bridgehead atoms. The zero-order valence-corrected chi connectivity index (χ0v) is 11.7. The van der Waals surface area contributed by atoms with Gasteiger partial charge in [-0.2, -0.15) is 5.26 Å². The molecule has 0 spiro atoms. The lowest BCUT2D eigenvalue weighted by Gasteiger charge is -2.16. The second-order valence-corrected chi connectivity index (χ2v) is 5.63. The Morgan fingerprint density at radius 3 is 2.52 bits per heavy atom. The van der Waals surface area contributed by atoms with Crippen LogP contribution >= 0.6 is 0 Å². The molecule has 0 saturated heterocycles. The topological polar surface area (TPSA) is 64.2 Å². The molecule has 0 amide bonds. The minimum atomic E-state index is 0.174. The standard InChI is InChI=1S/C18H17NO2/c19-11-15-9-17(21)8-14-3-1-2-13(10-18(14)15)12-4-6-16(20)7-5-12/h4-9,13,20-21H,1-3,10H2. The number of nitrogens with zero attached hydrogens (tertiary/aromatic N) is 1. The van der Waals surface area contributed by atoms with Crippen LogP contribution in [-0.2, 0) is 12.8 Å². The van der Waals surface area contributed by atoms with Crippen molar-refractivity contribution in [1.82, 2.24) is 0 Å². The number of aryl methyl sites for hydroxylation is 1. The zero-order chi connectivity index (χ0) is 14.8.